The van der Waals surface area contributed by atoms with Crippen molar-refractivity contribution in [3.05, 3.63) is 54.5 Å². The molecule has 5 heterocycles. The van der Waals surface area contributed by atoms with Crippen LogP contribution >= 0.6 is 7.75 Å². The Morgan fingerprint density at radius 3 is 2.58 bits per heavy atom. The predicted molar refractivity (Wildman–Crippen MR) is 168 cm³/mol. The van der Waals surface area contributed by atoms with Gasteiger partial charge in [-0.1, -0.05) is 18.2 Å². The second-order valence-electron chi connectivity index (χ2n) is 12.4. The number of nitrogens with zero attached hydrogens (tertiary/aromatic N) is 5. The van der Waals surface area contributed by atoms with Crippen molar-refractivity contribution in [1.82, 2.24) is 24.6 Å². The molecule has 1 amide bonds. The van der Waals surface area contributed by atoms with Crippen molar-refractivity contribution >= 4 is 31.0 Å². The van der Waals surface area contributed by atoms with Crippen LogP contribution in [0.2, 0.25) is 0 Å². The molecule has 3 saturated heterocycles. The summed E-state index contributed by atoms with van der Waals surface area (Å²) in [4.78, 5) is 30.5. The summed E-state index contributed by atoms with van der Waals surface area (Å²) in [5.74, 6) is -1.37. The Labute approximate surface area is 276 Å². The van der Waals surface area contributed by atoms with E-state index in [9.17, 15) is 19.4 Å². The van der Waals surface area contributed by atoms with E-state index in [1.807, 2.05) is 0 Å². The molecule has 3 fully saturated rings. The van der Waals surface area contributed by atoms with Gasteiger partial charge in [0.05, 0.1) is 5.69 Å². The van der Waals surface area contributed by atoms with Gasteiger partial charge in [0, 0.05) is 32.9 Å². The minimum absolute atomic E-state index is 0.0383. The molecular weight excluding hydrogens is 645 g/mol. The van der Waals surface area contributed by atoms with Gasteiger partial charge in [0.2, 0.25) is 11.5 Å². The number of nitriles is 1. The molecule has 48 heavy (non-hydrogen) atoms. The maximum Gasteiger partial charge on any atom is 0.459 e. The Morgan fingerprint density at radius 1 is 1.17 bits per heavy atom. The molecule has 0 spiro atoms. The fourth-order valence-corrected chi connectivity index (χ4v) is 7.64. The number of benzene rings is 1. The van der Waals surface area contributed by atoms with Gasteiger partial charge in [0.25, 0.3) is 0 Å². The highest BCUT2D eigenvalue weighted by molar-refractivity contribution is 7.52. The lowest BCUT2D eigenvalue weighted by molar-refractivity contribution is -0.204. The topological polar surface area (TPSA) is 202 Å². The number of hydrogen-bond donors (Lipinski definition) is 2. The molecule has 1 aromatic carbocycles. The highest BCUT2D eigenvalue weighted by atomic mass is 31.2. The summed E-state index contributed by atoms with van der Waals surface area (Å²) in [6.45, 7) is 6.73. The van der Waals surface area contributed by atoms with Crippen LogP contribution in [0.5, 0.6) is 5.75 Å². The molecule has 0 saturated carbocycles. The van der Waals surface area contributed by atoms with E-state index in [1.165, 1.54) is 20.2 Å². The maximum atomic E-state index is 14.4. The predicted octanol–water partition coefficient (Wildman–Crippen LogP) is 2.90. The van der Waals surface area contributed by atoms with Crippen LogP contribution < -0.4 is 15.3 Å². The monoisotopic (exact) mass is 683 g/mol. The number of piperidine rings is 1. The van der Waals surface area contributed by atoms with Crippen LogP contribution in [0, 0.1) is 11.3 Å². The molecule has 3 aromatic rings. The molecule has 0 aliphatic carbocycles. The summed E-state index contributed by atoms with van der Waals surface area (Å²) in [6, 6.07) is 12.8. The fraction of sp³-hybridized carbons (Fsp3) is 0.516. The average Bonchev–Trinajstić information content (AvgIpc) is 3.71. The fourth-order valence-electron chi connectivity index (χ4n) is 6.12. The minimum Gasteiger partial charge on any atom is -0.461 e. The summed E-state index contributed by atoms with van der Waals surface area (Å²) >= 11 is 0. The van der Waals surface area contributed by atoms with Gasteiger partial charge in [-0.25, -0.2) is 14.1 Å². The lowest BCUT2D eigenvalue weighted by Gasteiger charge is -2.32. The van der Waals surface area contributed by atoms with Crippen LogP contribution in [0.4, 0.5) is 5.82 Å². The van der Waals surface area contributed by atoms with E-state index in [0.717, 1.165) is 0 Å². The second-order valence-corrected chi connectivity index (χ2v) is 14.1. The van der Waals surface area contributed by atoms with Gasteiger partial charge in [-0.05, 0) is 45.0 Å². The van der Waals surface area contributed by atoms with E-state index in [2.05, 4.69) is 21.2 Å². The van der Waals surface area contributed by atoms with Crippen molar-refractivity contribution in [2.24, 2.45) is 0 Å². The number of ether oxygens (including phenoxy) is 4. The molecule has 6 atom stereocenters. The Balaban J connectivity index is 1.23. The molecule has 6 rings (SSSR count). The van der Waals surface area contributed by atoms with Crippen molar-refractivity contribution in [2.75, 3.05) is 25.4 Å². The summed E-state index contributed by atoms with van der Waals surface area (Å²) in [6.07, 6.45) is -0.798. The number of carbonyl (C=O) groups is 2. The maximum absolute atomic E-state index is 14.4. The lowest BCUT2D eigenvalue weighted by atomic mass is 9.96. The van der Waals surface area contributed by atoms with E-state index < -0.39 is 62.2 Å². The zero-order valence-corrected chi connectivity index (χ0v) is 27.9. The first-order valence-corrected chi connectivity index (χ1v) is 17.1. The van der Waals surface area contributed by atoms with Gasteiger partial charge in [-0.3, -0.25) is 14.1 Å². The molecule has 3 aliphatic rings. The number of nitrogens with one attached hydrogen (secondary N) is 1. The van der Waals surface area contributed by atoms with Crippen LogP contribution in [0.15, 0.2) is 48.8 Å². The molecule has 16 nitrogen and oxygen atoms in total. The van der Waals surface area contributed by atoms with E-state index in [1.54, 1.807) is 65.7 Å². The first-order chi connectivity index (χ1) is 22.8. The summed E-state index contributed by atoms with van der Waals surface area (Å²) in [5, 5.41) is 17.6. The van der Waals surface area contributed by atoms with E-state index >= 15 is 0 Å². The van der Waals surface area contributed by atoms with Crippen molar-refractivity contribution in [1.29, 1.82) is 5.26 Å². The number of likely N-dealkylation sites (tertiary alicyclic amines) is 1. The third-order valence-electron chi connectivity index (χ3n) is 8.51. The molecule has 2 aromatic heterocycles. The standard InChI is InChI=1S/C31H38N7O9P/c1-19(29(40)43-21-12-14-37(15-13-21)20(2)39)36-48(41,47-22-8-6-5-7-9-22)42-17-31(16-32)27-26(44-30(3,4)46-27)25(45-31)23-10-11-24-28(33)34-18-35-38(23)24/h5-11,18-19,21,25-27H,12-15,17H2,1-4H3,(H,36,41)(H2,33,34,35)/t19?,25-,26-,27-,31+,48?/m0/s1. The average molecular weight is 684 g/mol. The van der Waals surface area contributed by atoms with Crippen molar-refractivity contribution in [2.45, 2.75) is 82.4 Å². The molecule has 0 bridgehead atoms. The third-order valence-corrected chi connectivity index (χ3v) is 10.1. The van der Waals surface area contributed by atoms with Gasteiger partial charge >= 0.3 is 13.7 Å². The number of esters is 1. The molecule has 2 unspecified atom stereocenters. The molecule has 0 radical (unpaired) electrons. The molecule has 256 valence electrons. The molecule has 3 N–H and O–H groups in total. The molecule has 3 aliphatic heterocycles. The van der Waals surface area contributed by atoms with Gasteiger partial charge in [-0.15, -0.1) is 0 Å². The quantitative estimate of drug-likeness (QED) is 0.233. The van der Waals surface area contributed by atoms with Crippen molar-refractivity contribution in [3.63, 3.8) is 0 Å². The lowest BCUT2D eigenvalue weighted by Crippen LogP contribution is -2.47. The van der Waals surface area contributed by atoms with E-state index in [-0.39, 0.29) is 17.5 Å². The Hall–Kier alpha value is -4.10. The normalized spacial score (nSPS) is 27.1. The number of para-hydroxylation sites is 1. The number of aromatic nitrogens is 3. The second kappa shape index (κ2) is 13.1. The summed E-state index contributed by atoms with van der Waals surface area (Å²) in [7, 11) is -4.40. The van der Waals surface area contributed by atoms with E-state index in [0.29, 0.717) is 37.1 Å². The summed E-state index contributed by atoms with van der Waals surface area (Å²) in [5.41, 5.74) is 5.27. The molecular formula is C31H38N7O9P. The van der Waals surface area contributed by atoms with Gasteiger partial charge in [-0.2, -0.15) is 15.4 Å². The number of nitrogens with two attached hydrogens (primary N) is 1. The van der Waals surface area contributed by atoms with Crippen LogP contribution in [-0.2, 0) is 37.6 Å². The zero-order chi connectivity index (χ0) is 34.3. The number of anilines is 1. The highest BCUT2D eigenvalue weighted by Gasteiger charge is 2.65. The van der Waals surface area contributed by atoms with E-state index in [4.69, 9.17) is 33.7 Å². The Morgan fingerprint density at radius 2 is 1.90 bits per heavy atom. The number of nitrogen functional groups attached to an aromatic ring is 1. The van der Waals surface area contributed by atoms with Crippen LogP contribution in [0.1, 0.15) is 52.3 Å². The van der Waals surface area contributed by atoms with Crippen molar-refractivity contribution < 1.29 is 42.1 Å². The Bertz CT molecular complexity index is 1760. The smallest absolute Gasteiger partial charge is 0.459 e. The van der Waals surface area contributed by atoms with Crippen molar-refractivity contribution in [3.8, 4) is 11.8 Å². The zero-order valence-electron chi connectivity index (χ0n) is 27.0. The Kier molecular flexibility index (Phi) is 9.20. The number of amides is 1. The number of carbonyl (C=O) groups excluding carboxylic acids is 2. The first kappa shape index (κ1) is 33.8. The summed E-state index contributed by atoms with van der Waals surface area (Å²) < 4.78 is 52.2. The molecule has 17 heteroatoms. The highest BCUT2D eigenvalue weighted by Crippen LogP contribution is 2.53. The van der Waals surface area contributed by atoms with Crippen LogP contribution in [0.25, 0.3) is 5.52 Å². The number of hydrogen-bond acceptors (Lipinski definition) is 13. The van der Waals surface area contributed by atoms with Gasteiger partial charge in [0.1, 0.15) is 60.7 Å². The number of fused-ring (bicyclic) bond motifs is 2. The van der Waals surface area contributed by atoms with Gasteiger partial charge < -0.3 is 34.1 Å². The SMILES string of the molecule is CC(=O)N1CCC(OC(=O)C(C)NP(=O)(OC[C@@]2(C#N)O[C@@H](c3ccc4c(N)ncnn34)[C@@H]3OC(C)(C)O[C@@H]32)Oc2ccccc2)CC1. The van der Waals surface area contributed by atoms with Crippen LogP contribution in [-0.4, -0.2) is 86.8 Å². The first-order valence-electron chi connectivity index (χ1n) is 15.6. The number of rotatable bonds is 10. The third kappa shape index (κ3) is 6.75. The largest absolute Gasteiger partial charge is 0.461 e. The minimum atomic E-state index is -4.40. The van der Waals surface area contributed by atoms with Gasteiger partial charge in [0.15, 0.2) is 11.6 Å². The van der Waals surface area contributed by atoms with Crippen LogP contribution in [0.3, 0.4) is 0 Å².